The number of halogens is 1. The molecule has 3 N–H and O–H groups in total. The van der Waals surface area contributed by atoms with Crippen molar-refractivity contribution in [1.82, 2.24) is 15.3 Å². The van der Waals surface area contributed by atoms with Gasteiger partial charge in [0.25, 0.3) is 5.91 Å². The molecule has 10 heteroatoms. The second kappa shape index (κ2) is 10.8. The first-order valence-electron chi connectivity index (χ1n) is 11.1. The van der Waals surface area contributed by atoms with Crippen LogP contribution in [0.25, 0.3) is 11.1 Å². The summed E-state index contributed by atoms with van der Waals surface area (Å²) in [5, 5.41) is 2.73. The van der Waals surface area contributed by atoms with Gasteiger partial charge in [0.2, 0.25) is 5.89 Å². The standard InChI is InChI=1S/C24H26FN5O4/c25-19-4-1-17(2-5-19)18-3-6-21(28-13-18)30-11-8-16(9-12-30)7-10-27-24(32)34-15-22-29-20(14-33-22)23(26)31/h1-6,13-14,16H,7-12,15H2,(H2,26,31)(H,27,32). The number of piperidine rings is 1. The predicted octanol–water partition coefficient (Wildman–Crippen LogP) is 3.51. The quantitative estimate of drug-likeness (QED) is 0.520. The van der Waals surface area contributed by atoms with Gasteiger partial charge >= 0.3 is 6.09 Å². The third-order valence-electron chi connectivity index (χ3n) is 5.82. The summed E-state index contributed by atoms with van der Waals surface area (Å²) in [5.74, 6) is 0.575. The van der Waals surface area contributed by atoms with E-state index < -0.39 is 12.0 Å². The number of hydrogen-bond acceptors (Lipinski definition) is 7. The molecule has 1 aromatic carbocycles. The Bertz CT molecular complexity index is 1110. The molecule has 2 aromatic heterocycles. The fraction of sp³-hybridized carbons (Fsp3) is 0.333. The lowest BCUT2D eigenvalue weighted by Gasteiger charge is -2.32. The summed E-state index contributed by atoms with van der Waals surface area (Å²) in [4.78, 5) is 33.5. The number of carbonyl (C=O) groups is 2. The third kappa shape index (κ3) is 6.09. The van der Waals surface area contributed by atoms with Crippen molar-refractivity contribution in [3.05, 3.63) is 66.3 Å². The molecule has 4 rings (SSSR count). The highest BCUT2D eigenvalue weighted by Gasteiger charge is 2.20. The summed E-state index contributed by atoms with van der Waals surface area (Å²) in [5.41, 5.74) is 6.97. The van der Waals surface area contributed by atoms with Gasteiger partial charge in [0.15, 0.2) is 12.3 Å². The van der Waals surface area contributed by atoms with Crippen LogP contribution in [0, 0.1) is 11.7 Å². The van der Waals surface area contributed by atoms with Crippen molar-refractivity contribution in [3.63, 3.8) is 0 Å². The maximum Gasteiger partial charge on any atom is 0.407 e. The number of oxazole rings is 1. The molecule has 0 radical (unpaired) electrons. The predicted molar refractivity (Wildman–Crippen MR) is 122 cm³/mol. The van der Waals surface area contributed by atoms with Gasteiger partial charge in [-0.25, -0.2) is 19.2 Å². The minimum absolute atomic E-state index is 0.00984. The molecule has 3 heterocycles. The number of anilines is 1. The molecule has 0 saturated carbocycles. The number of rotatable bonds is 8. The Balaban J connectivity index is 1.15. The van der Waals surface area contributed by atoms with E-state index in [1.807, 2.05) is 18.3 Å². The van der Waals surface area contributed by atoms with Crippen molar-refractivity contribution >= 4 is 17.8 Å². The van der Waals surface area contributed by atoms with Crippen LogP contribution in [-0.2, 0) is 11.3 Å². The Hall–Kier alpha value is -3.95. The Kier molecular flexibility index (Phi) is 7.36. The van der Waals surface area contributed by atoms with Crippen molar-refractivity contribution < 1.29 is 23.1 Å². The molecule has 1 fully saturated rings. The molecule has 1 saturated heterocycles. The van der Waals surface area contributed by atoms with Crippen molar-refractivity contribution in [1.29, 1.82) is 0 Å². The van der Waals surface area contributed by atoms with Crippen molar-refractivity contribution in [2.75, 3.05) is 24.5 Å². The van der Waals surface area contributed by atoms with Gasteiger partial charge in [-0.15, -0.1) is 0 Å². The van der Waals surface area contributed by atoms with Gasteiger partial charge in [-0.05, 0) is 55.0 Å². The van der Waals surface area contributed by atoms with E-state index in [4.69, 9.17) is 14.9 Å². The van der Waals surface area contributed by atoms with E-state index in [9.17, 15) is 14.0 Å². The number of nitrogens with zero attached hydrogens (tertiary/aromatic N) is 3. The van der Waals surface area contributed by atoms with Crippen LogP contribution in [0.5, 0.6) is 0 Å². The number of ether oxygens (including phenoxy) is 1. The molecular weight excluding hydrogens is 441 g/mol. The molecule has 178 valence electrons. The highest BCUT2D eigenvalue weighted by Crippen LogP contribution is 2.26. The summed E-state index contributed by atoms with van der Waals surface area (Å²) in [6, 6.07) is 10.4. The van der Waals surface area contributed by atoms with E-state index in [1.54, 1.807) is 12.1 Å². The second-order valence-electron chi connectivity index (χ2n) is 8.12. The molecule has 9 nitrogen and oxygen atoms in total. The zero-order valence-corrected chi connectivity index (χ0v) is 18.6. The van der Waals surface area contributed by atoms with E-state index in [2.05, 4.69) is 20.2 Å². The van der Waals surface area contributed by atoms with Gasteiger partial charge in [0.1, 0.15) is 17.9 Å². The van der Waals surface area contributed by atoms with Gasteiger partial charge in [0.05, 0.1) is 0 Å². The minimum atomic E-state index is -0.705. The van der Waals surface area contributed by atoms with Crippen LogP contribution in [0.2, 0.25) is 0 Å². The SMILES string of the molecule is NC(=O)c1coc(COC(=O)NCCC2CCN(c3ccc(-c4ccc(F)cc4)cn3)CC2)n1. The highest BCUT2D eigenvalue weighted by molar-refractivity contribution is 5.90. The average molecular weight is 468 g/mol. The number of carbonyl (C=O) groups excluding carboxylic acids is 2. The van der Waals surface area contributed by atoms with E-state index in [0.29, 0.717) is 12.5 Å². The molecule has 2 amide bonds. The smallest absolute Gasteiger partial charge is 0.407 e. The third-order valence-corrected chi connectivity index (χ3v) is 5.82. The van der Waals surface area contributed by atoms with Gasteiger partial charge in [-0.2, -0.15) is 0 Å². The molecule has 0 aliphatic carbocycles. The van der Waals surface area contributed by atoms with Gasteiger partial charge in [0, 0.05) is 31.4 Å². The number of alkyl carbamates (subject to hydrolysis) is 1. The maximum atomic E-state index is 13.1. The first-order chi connectivity index (χ1) is 16.5. The molecule has 3 aromatic rings. The first kappa shape index (κ1) is 23.2. The average Bonchev–Trinajstić information content (AvgIpc) is 3.34. The zero-order valence-electron chi connectivity index (χ0n) is 18.6. The monoisotopic (exact) mass is 467 g/mol. The van der Waals surface area contributed by atoms with E-state index in [0.717, 1.165) is 55.6 Å². The zero-order chi connectivity index (χ0) is 23.9. The summed E-state index contributed by atoms with van der Waals surface area (Å²) in [7, 11) is 0. The van der Waals surface area contributed by atoms with Crippen LogP contribution in [0.4, 0.5) is 15.0 Å². The maximum absolute atomic E-state index is 13.1. The van der Waals surface area contributed by atoms with E-state index >= 15 is 0 Å². The van der Waals surface area contributed by atoms with Gasteiger partial charge < -0.3 is 25.1 Å². The number of aromatic nitrogens is 2. The van der Waals surface area contributed by atoms with Gasteiger partial charge in [-0.3, -0.25) is 4.79 Å². The number of amides is 2. The largest absolute Gasteiger partial charge is 0.445 e. The normalized spacial score (nSPS) is 14.1. The molecule has 0 unspecified atom stereocenters. The minimum Gasteiger partial charge on any atom is -0.445 e. The lowest BCUT2D eigenvalue weighted by atomic mass is 9.93. The Morgan fingerprint density at radius 2 is 1.88 bits per heavy atom. The lowest BCUT2D eigenvalue weighted by Crippen LogP contribution is -2.35. The molecule has 1 aliphatic rings. The molecule has 0 spiro atoms. The van der Waals surface area contributed by atoms with Crippen LogP contribution in [0.1, 0.15) is 35.6 Å². The summed E-state index contributed by atoms with van der Waals surface area (Å²) < 4.78 is 23.2. The summed E-state index contributed by atoms with van der Waals surface area (Å²) in [6.07, 6.45) is 5.23. The van der Waals surface area contributed by atoms with Crippen molar-refractivity contribution in [3.8, 4) is 11.1 Å². The number of primary amides is 1. The fourth-order valence-electron chi connectivity index (χ4n) is 3.88. The van der Waals surface area contributed by atoms with E-state index in [1.165, 1.54) is 12.1 Å². The Labute approximate surface area is 196 Å². The van der Waals surface area contributed by atoms with E-state index in [-0.39, 0.29) is 24.0 Å². The number of nitrogens with one attached hydrogen (secondary N) is 1. The van der Waals surface area contributed by atoms with Crippen molar-refractivity contribution in [2.45, 2.75) is 25.9 Å². The number of hydrogen-bond donors (Lipinski definition) is 2. The molecule has 1 aliphatic heterocycles. The topological polar surface area (TPSA) is 124 Å². The fourth-order valence-corrected chi connectivity index (χ4v) is 3.88. The first-order valence-corrected chi connectivity index (χ1v) is 11.1. The summed E-state index contributed by atoms with van der Waals surface area (Å²) in [6.45, 7) is 2.12. The van der Waals surface area contributed by atoms with Crippen LogP contribution >= 0.6 is 0 Å². The number of benzene rings is 1. The highest BCUT2D eigenvalue weighted by atomic mass is 19.1. The van der Waals surface area contributed by atoms with Crippen LogP contribution in [-0.4, -0.2) is 41.6 Å². The second-order valence-corrected chi connectivity index (χ2v) is 8.12. The molecule has 34 heavy (non-hydrogen) atoms. The molecule has 0 bridgehead atoms. The lowest BCUT2D eigenvalue weighted by molar-refractivity contribution is 0.0995. The Morgan fingerprint density at radius 1 is 1.15 bits per heavy atom. The van der Waals surface area contributed by atoms with Gasteiger partial charge in [-0.1, -0.05) is 12.1 Å². The molecular formula is C24H26FN5O4. The number of pyridine rings is 1. The molecule has 0 atom stereocenters. The summed E-state index contributed by atoms with van der Waals surface area (Å²) >= 11 is 0. The Morgan fingerprint density at radius 3 is 2.53 bits per heavy atom. The van der Waals surface area contributed by atoms with Crippen LogP contribution in [0.15, 0.2) is 53.3 Å². The van der Waals surface area contributed by atoms with Crippen molar-refractivity contribution in [2.24, 2.45) is 11.7 Å². The number of nitrogens with two attached hydrogens (primary N) is 1. The van der Waals surface area contributed by atoms with Crippen LogP contribution < -0.4 is 16.0 Å². The van der Waals surface area contributed by atoms with Crippen LogP contribution in [0.3, 0.4) is 0 Å².